The summed E-state index contributed by atoms with van der Waals surface area (Å²) in [5, 5.41) is 0. The van der Waals surface area contributed by atoms with E-state index in [-0.39, 0.29) is 12.0 Å². The second-order valence-electron chi connectivity index (χ2n) is 6.18. The van der Waals surface area contributed by atoms with Gasteiger partial charge in [0, 0.05) is 18.8 Å². The highest BCUT2D eigenvalue weighted by Crippen LogP contribution is 2.31. The van der Waals surface area contributed by atoms with E-state index in [0.29, 0.717) is 5.92 Å². The van der Waals surface area contributed by atoms with Crippen molar-refractivity contribution in [3.8, 4) is 0 Å². The number of para-hydroxylation sites is 1. The number of nitrogens with one attached hydrogen (secondary N) is 1. The van der Waals surface area contributed by atoms with Crippen molar-refractivity contribution in [3.05, 3.63) is 29.8 Å². The van der Waals surface area contributed by atoms with Crippen LogP contribution in [0.5, 0.6) is 0 Å². The molecule has 0 spiro atoms. The summed E-state index contributed by atoms with van der Waals surface area (Å²) in [6.45, 7) is 4.17. The van der Waals surface area contributed by atoms with Crippen LogP contribution in [0, 0.1) is 5.92 Å². The molecule has 3 rings (SSSR count). The standard InChI is InChI=1S/C16H23N3O2/c1-11-8-12-4-2-3-5-14(12)19(9-11)10-13-6-7-15(21-13)16(20)18-17/h2-5,11,13,15H,6-10,17H2,1H3,(H,18,20). The lowest BCUT2D eigenvalue weighted by Crippen LogP contribution is -2.42. The maximum atomic E-state index is 11.5. The van der Waals surface area contributed by atoms with Crippen LogP contribution in [0.1, 0.15) is 25.3 Å². The van der Waals surface area contributed by atoms with Crippen LogP contribution in [0.2, 0.25) is 0 Å². The Bertz CT molecular complexity index is 520. The lowest BCUT2D eigenvalue weighted by Gasteiger charge is -2.36. The zero-order chi connectivity index (χ0) is 14.8. The SMILES string of the molecule is CC1Cc2ccccc2N(CC2CCC(C(=O)NN)O2)C1. The van der Waals surface area contributed by atoms with Gasteiger partial charge in [0.1, 0.15) is 6.10 Å². The molecule has 3 atom stereocenters. The molecule has 5 nitrogen and oxygen atoms in total. The molecule has 0 aliphatic carbocycles. The number of hydrazine groups is 1. The Morgan fingerprint density at radius 3 is 3.05 bits per heavy atom. The highest BCUT2D eigenvalue weighted by molar-refractivity contribution is 5.80. The molecule has 3 N–H and O–H groups in total. The van der Waals surface area contributed by atoms with Crippen LogP contribution in [0.15, 0.2) is 24.3 Å². The van der Waals surface area contributed by atoms with E-state index in [4.69, 9.17) is 10.6 Å². The van der Waals surface area contributed by atoms with Crippen molar-refractivity contribution in [2.45, 2.75) is 38.4 Å². The fourth-order valence-corrected chi connectivity index (χ4v) is 3.45. The van der Waals surface area contributed by atoms with Gasteiger partial charge >= 0.3 is 0 Å². The van der Waals surface area contributed by atoms with Crippen LogP contribution in [0.25, 0.3) is 0 Å². The van der Waals surface area contributed by atoms with Gasteiger partial charge in [0.25, 0.3) is 5.91 Å². The van der Waals surface area contributed by atoms with Crippen molar-refractivity contribution >= 4 is 11.6 Å². The number of nitrogens with two attached hydrogens (primary N) is 1. The summed E-state index contributed by atoms with van der Waals surface area (Å²) >= 11 is 0. The lowest BCUT2D eigenvalue weighted by molar-refractivity contribution is -0.131. The Kier molecular flexibility index (Phi) is 4.12. The van der Waals surface area contributed by atoms with Crippen molar-refractivity contribution in [1.29, 1.82) is 0 Å². The van der Waals surface area contributed by atoms with Crippen molar-refractivity contribution in [1.82, 2.24) is 5.43 Å². The van der Waals surface area contributed by atoms with Gasteiger partial charge < -0.3 is 9.64 Å². The zero-order valence-corrected chi connectivity index (χ0v) is 12.4. The number of nitrogens with zero attached hydrogens (tertiary/aromatic N) is 1. The number of anilines is 1. The summed E-state index contributed by atoms with van der Waals surface area (Å²) in [6.07, 6.45) is 2.50. The molecular formula is C16H23N3O2. The number of carbonyl (C=O) groups excluding carboxylic acids is 1. The molecule has 1 amide bonds. The molecule has 0 aromatic heterocycles. The van der Waals surface area contributed by atoms with Gasteiger partial charge in [-0.2, -0.15) is 0 Å². The van der Waals surface area contributed by atoms with Gasteiger partial charge in [-0.05, 0) is 36.8 Å². The third-order valence-corrected chi connectivity index (χ3v) is 4.40. The number of hydrogen-bond acceptors (Lipinski definition) is 4. The molecule has 1 aromatic carbocycles. The van der Waals surface area contributed by atoms with Crippen molar-refractivity contribution in [2.24, 2.45) is 11.8 Å². The quantitative estimate of drug-likeness (QED) is 0.499. The van der Waals surface area contributed by atoms with E-state index >= 15 is 0 Å². The highest BCUT2D eigenvalue weighted by atomic mass is 16.5. The van der Waals surface area contributed by atoms with Gasteiger partial charge in [-0.1, -0.05) is 25.1 Å². The third kappa shape index (κ3) is 3.04. The van der Waals surface area contributed by atoms with Crippen LogP contribution in [-0.2, 0) is 16.0 Å². The van der Waals surface area contributed by atoms with E-state index in [9.17, 15) is 4.79 Å². The molecule has 2 aliphatic rings. The first-order chi connectivity index (χ1) is 10.2. The van der Waals surface area contributed by atoms with Crippen LogP contribution in [0.3, 0.4) is 0 Å². The first-order valence-corrected chi connectivity index (χ1v) is 7.66. The Labute approximate surface area is 125 Å². The zero-order valence-electron chi connectivity index (χ0n) is 12.4. The van der Waals surface area contributed by atoms with Gasteiger partial charge in [0.15, 0.2) is 0 Å². The molecule has 1 saturated heterocycles. The Balaban J connectivity index is 1.67. The number of fused-ring (bicyclic) bond motifs is 1. The molecule has 114 valence electrons. The molecule has 1 aromatic rings. The Hall–Kier alpha value is -1.59. The minimum atomic E-state index is -0.391. The molecule has 0 bridgehead atoms. The van der Waals surface area contributed by atoms with Gasteiger partial charge in [-0.15, -0.1) is 0 Å². The summed E-state index contributed by atoms with van der Waals surface area (Å²) in [6, 6.07) is 8.57. The van der Waals surface area contributed by atoms with Crippen LogP contribution in [0.4, 0.5) is 5.69 Å². The summed E-state index contributed by atoms with van der Waals surface area (Å²) in [4.78, 5) is 13.9. The van der Waals surface area contributed by atoms with Gasteiger partial charge in [0.05, 0.1) is 6.10 Å². The molecule has 3 unspecified atom stereocenters. The predicted molar refractivity (Wildman–Crippen MR) is 81.7 cm³/mol. The third-order valence-electron chi connectivity index (χ3n) is 4.40. The summed E-state index contributed by atoms with van der Waals surface area (Å²) in [5.74, 6) is 5.60. The molecular weight excluding hydrogens is 266 g/mol. The van der Waals surface area contributed by atoms with E-state index in [2.05, 4.69) is 41.5 Å². The number of rotatable bonds is 3. The normalized spacial score (nSPS) is 28.3. The fourth-order valence-electron chi connectivity index (χ4n) is 3.45. The van der Waals surface area contributed by atoms with E-state index in [1.165, 1.54) is 11.3 Å². The maximum Gasteiger partial charge on any atom is 0.263 e. The number of ether oxygens (including phenoxy) is 1. The molecule has 21 heavy (non-hydrogen) atoms. The first kappa shape index (κ1) is 14.4. The lowest BCUT2D eigenvalue weighted by atomic mass is 9.93. The largest absolute Gasteiger partial charge is 0.368 e. The van der Waals surface area contributed by atoms with E-state index in [1.54, 1.807) is 0 Å². The van der Waals surface area contributed by atoms with Crippen molar-refractivity contribution in [2.75, 3.05) is 18.0 Å². The van der Waals surface area contributed by atoms with Crippen LogP contribution < -0.4 is 16.2 Å². The van der Waals surface area contributed by atoms with Gasteiger partial charge in [-0.25, -0.2) is 5.84 Å². The van der Waals surface area contributed by atoms with Crippen LogP contribution in [-0.4, -0.2) is 31.2 Å². The molecule has 2 heterocycles. The first-order valence-electron chi connectivity index (χ1n) is 7.66. The van der Waals surface area contributed by atoms with Crippen LogP contribution >= 0.6 is 0 Å². The molecule has 5 heteroatoms. The number of hydrogen-bond donors (Lipinski definition) is 2. The molecule has 1 fully saturated rings. The molecule has 0 saturated carbocycles. The van der Waals surface area contributed by atoms with E-state index < -0.39 is 6.10 Å². The highest BCUT2D eigenvalue weighted by Gasteiger charge is 2.32. The van der Waals surface area contributed by atoms with E-state index in [0.717, 1.165) is 32.4 Å². The van der Waals surface area contributed by atoms with Gasteiger partial charge in [0.2, 0.25) is 0 Å². The summed E-state index contributed by atoms with van der Waals surface area (Å²) < 4.78 is 5.83. The number of amides is 1. The minimum absolute atomic E-state index is 0.102. The van der Waals surface area contributed by atoms with Crippen molar-refractivity contribution < 1.29 is 9.53 Å². The summed E-state index contributed by atoms with van der Waals surface area (Å²) in [5.41, 5.74) is 4.90. The van der Waals surface area contributed by atoms with Gasteiger partial charge in [-0.3, -0.25) is 10.2 Å². The smallest absolute Gasteiger partial charge is 0.263 e. The van der Waals surface area contributed by atoms with E-state index in [1.807, 2.05) is 0 Å². The molecule has 0 radical (unpaired) electrons. The monoisotopic (exact) mass is 289 g/mol. The second-order valence-corrected chi connectivity index (χ2v) is 6.18. The predicted octanol–water partition coefficient (Wildman–Crippen LogP) is 1.22. The summed E-state index contributed by atoms with van der Waals surface area (Å²) in [7, 11) is 0. The maximum absolute atomic E-state index is 11.5. The number of benzene rings is 1. The average molecular weight is 289 g/mol. The topological polar surface area (TPSA) is 67.6 Å². The second kappa shape index (κ2) is 6.03. The van der Waals surface area contributed by atoms with Crippen molar-refractivity contribution in [3.63, 3.8) is 0 Å². The minimum Gasteiger partial charge on any atom is -0.368 e. The fraction of sp³-hybridized carbons (Fsp3) is 0.562. The Morgan fingerprint density at radius 1 is 1.43 bits per heavy atom. The molecule has 2 aliphatic heterocycles. The number of carbonyl (C=O) groups is 1. The Morgan fingerprint density at radius 2 is 2.24 bits per heavy atom. The average Bonchev–Trinajstić information content (AvgIpc) is 2.95.